The molecule has 0 saturated carbocycles. The Kier molecular flexibility index (Phi) is 7.42. The van der Waals surface area contributed by atoms with E-state index in [1.54, 1.807) is 0 Å². The highest BCUT2D eigenvalue weighted by molar-refractivity contribution is 7.90. The molecule has 0 radical (unpaired) electrons. The number of likely N-dealkylation sites (tertiary alicyclic amines) is 2. The molecular formula is C20H32N4O3S. The van der Waals surface area contributed by atoms with Crippen molar-refractivity contribution in [1.82, 2.24) is 20.1 Å². The molecule has 2 saturated heterocycles. The molecule has 1 aromatic rings. The Morgan fingerprint density at radius 1 is 1.18 bits per heavy atom. The number of carbonyl (C=O) groups excluding carboxylic acids is 1. The number of piperidine rings is 2. The molecule has 1 atom stereocenters. The van der Waals surface area contributed by atoms with Crippen molar-refractivity contribution in [2.24, 2.45) is 5.92 Å². The van der Waals surface area contributed by atoms with Crippen LogP contribution in [-0.2, 0) is 21.2 Å². The summed E-state index contributed by atoms with van der Waals surface area (Å²) >= 11 is 0. The molecule has 0 aliphatic carbocycles. The smallest absolute Gasteiger partial charge is 0.224 e. The van der Waals surface area contributed by atoms with E-state index in [-0.39, 0.29) is 24.1 Å². The van der Waals surface area contributed by atoms with Crippen LogP contribution in [0.3, 0.4) is 0 Å². The zero-order chi connectivity index (χ0) is 20.0. The molecule has 1 aromatic heterocycles. The SMILES string of the molecule is CS(=O)(=O)CCNC(=O)[C@H]1CCCN(C2CCN(Cc3ccncc3)CC2)C1. The van der Waals surface area contributed by atoms with Crippen LogP contribution >= 0.6 is 0 Å². The fourth-order valence-corrected chi connectivity index (χ4v) is 4.72. The predicted octanol–water partition coefficient (Wildman–Crippen LogP) is 0.919. The topological polar surface area (TPSA) is 82.6 Å². The van der Waals surface area contributed by atoms with Crippen LogP contribution in [0.5, 0.6) is 0 Å². The molecule has 156 valence electrons. The normalized spacial score (nSPS) is 22.8. The Morgan fingerprint density at radius 2 is 1.89 bits per heavy atom. The largest absolute Gasteiger partial charge is 0.355 e. The van der Waals surface area contributed by atoms with Gasteiger partial charge in [0.1, 0.15) is 9.84 Å². The first-order chi connectivity index (χ1) is 13.4. The van der Waals surface area contributed by atoms with Crippen molar-refractivity contribution in [1.29, 1.82) is 0 Å². The van der Waals surface area contributed by atoms with E-state index >= 15 is 0 Å². The average Bonchev–Trinajstić information content (AvgIpc) is 2.68. The number of carbonyl (C=O) groups is 1. The Labute approximate surface area is 168 Å². The summed E-state index contributed by atoms with van der Waals surface area (Å²) in [6, 6.07) is 4.69. The number of rotatable bonds is 7. The molecule has 3 rings (SSSR count). The van der Waals surface area contributed by atoms with E-state index in [0.29, 0.717) is 6.04 Å². The fraction of sp³-hybridized carbons (Fsp3) is 0.700. The first kappa shape index (κ1) is 21.2. The van der Waals surface area contributed by atoms with Gasteiger partial charge in [-0.25, -0.2) is 8.42 Å². The highest BCUT2D eigenvalue weighted by atomic mass is 32.2. The molecule has 7 nitrogen and oxygen atoms in total. The van der Waals surface area contributed by atoms with Crippen molar-refractivity contribution in [3.05, 3.63) is 30.1 Å². The van der Waals surface area contributed by atoms with Gasteiger partial charge in [0.25, 0.3) is 0 Å². The summed E-state index contributed by atoms with van der Waals surface area (Å²) < 4.78 is 22.4. The molecule has 3 heterocycles. The number of pyridine rings is 1. The van der Waals surface area contributed by atoms with E-state index in [1.807, 2.05) is 12.4 Å². The van der Waals surface area contributed by atoms with E-state index in [9.17, 15) is 13.2 Å². The van der Waals surface area contributed by atoms with Gasteiger partial charge in [0.15, 0.2) is 0 Å². The summed E-state index contributed by atoms with van der Waals surface area (Å²) in [7, 11) is -3.04. The molecule has 2 aliphatic rings. The number of sulfone groups is 1. The average molecular weight is 409 g/mol. The van der Waals surface area contributed by atoms with Crippen LogP contribution in [0.4, 0.5) is 0 Å². The Bertz CT molecular complexity index is 733. The zero-order valence-electron chi connectivity index (χ0n) is 16.7. The molecule has 28 heavy (non-hydrogen) atoms. The van der Waals surface area contributed by atoms with E-state index in [2.05, 4.69) is 32.2 Å². The summed E-state index contributed by atoms with van der Waals surface area (Å²) in [5.74, 6) is -0.0166. The van der Waals surface area contributed by atoms with E-state index in [4.69, 9.17) is 0 Å². The maximum atomic E-state index is 12.4. The quantitative estimate of drug-likeness (QED) is 0.722. The van der Waals surface area contributed by atoms with Crippen LogP contribution in [0.25, 0.3) is 0 Å². The van der Waals surface area contributed by atoms with Crippen LogP contribution in [0, 0.1) is 5.92 Å². The molecular weight excluding hydrogens is 376 g/mol. The third kappa shape index (κ3) is 6.53. The van der Waals surface area contributed by atoms with Crippen molar-refractivity contribution in [3.8, 4) is 0 Å². The Balaban J connectivity index is 1.43. The van der Waals surface area contributed by atoms with Gasteiger partial charge < -0.3 is 5.32 Å². The molecule has 1 amide bonds. The maximum absolute atomic E-state index is 12.4. The van der Waals surface area contributed by atoms with E-state index in [0.717, 1.165) is 58.4 Å². The van der Waals surface area contributed by atoms with Gasteiger partial charge in [-0.2, -0.15) is 0 Å². The van der Waals surface area contributed by atoms with Crippen LogP contribution in [0.15, 0.2) is 24.5 Å². The standard InChI is InChI=1S/C20H32N4O3S/c1-28(26,27)14-10-22-20(25)18-3-2-11-24(16-18)19-6-12-23(13-7-19)15-17-4-8-21-9-5-17/h4-5,8-9,18-19H,2-3,6-7,10-16H2,1H3,(H,22,25)/t18-/m0/s1. The Hall–Kier alpha value is -1.51. The van der Waals surface area contributed by atoms with Crippen molar-refractivity contribution in [2.45, 2.75) is 38.3 Å². The third-order valence-corrected chi connectivity index (χ3v) is 6.77. The van der Waals surface area contributed by atoms with Crippen molar-refractivity contribution < 1.29 is 13.2 Å². The minimum atomic E-state index is -3.04. The first-order valence-corrected chi connectivity index (χ1v) is 12.3. The van der Waals surface area contributed by atoms with Crippen molar-refractivity contribution >= 4 is 15.7 Å². The summed E-state index contributed by atoms with van der Waals surface area (Å²) in [4.78, 5) is 21.5. The monoisotopic (exact) mass is 408 g/mol. The van der Waals surface area contributed by atoms with Gasteiger partial charge in [0, 0.05) is 44.3 Å². The van der Waals surface area contributed by atoms with Gasteiger partial charge in [0.2, 0.25) is 5.91 Å². The van der Waals surface area contributed by atoms with Gasteiger partial charge in [-0.3, -0.25) is 19.6 Å². The Morgan fingerprint density at radius 3 is 2.57 bits per heavy atom. The van der Waals surface area contributed by atoms with Gasteiger partial charge in [-0.1, -0.05) is 0 Å². The zero-order valence-corrected chi connectivity index (χ0v) is 17.5. The van der Waals surface area contributed by atoms with Gasteiger partial charge in [0.05, 0.1) is 11.7 Å². The summed E-state index contributed by atoms with van der Waals surface area (Å²) in [6.07, 6.45) is 9.07. The number of hydrogen-bond donors (Lipinski definition) is 1. The number of nitrogens with zero attached hydrogens (tertiary/aromatic N) is 3. The van der Waals surface area contributed by atoms with Crippen LogP contribution in [-0.4, -0.2) is 79.9 Å². The number of nitrogens with one attached hydrogen (secondary N) is 1. The number of hydrogen-bond acceptors (Lipinski definition) is 6. The lowest BCUT2D eigenvalue weighted by Gasteiger charge is -2.42. The van der Waals surface area contributed by atoms with Crippen LogP contribution in [0.1, 0.15) is 31.2 Å². The van der Waals surface area contributed by atoms with Gasteiger partial charge in [-0.05, 0) is 63.0 Å². The lowest BCUT2D eigenvalue weighted by atomic mass is 9.93. The second-order valence-electron chi connectivity index (χ2n) is 8.12. The van der Waals surface area contributed by atoms with E-state index in [1.165, 1.54) is 11.8 Å². The lowest BCUT2D eigenvalue weighted by Crippen LogP contribution is -2.50. The summed E-state index contributed by atoms with van der Waals surface area (Å²) in [5.41, 5.74) is 1.30. The molecule has 0 spiro atoms. The molecule has 2 fully saturated rings. The van der Waals surface area contributed by atoms with Crippen LogP contribution < -0.4 is 5.32 Å². The van der Waals surface area contributed by atoms with Gasteiger partial charge >= 0.3 is 0 Å². The highest BCUT2D eigenvalue weighted by Gasteiger charge is 2.31. The highest BCUT2D eigenvalue weighted by Crippen LogP contribution is 2.24. The molecule has 8 heteroatoms. The fourth-order valence-electron chi connectivity index (χ4n) is 4.25. The molecule has 1 N–H and O–H groups in total. The minimum absolute atomic E-state index is 0.00322. The first-order valence-electron chi connectivity index (χ1n) is 10.2. The van der Waals surface area contributed by atoms with Crippen molar-refractivity contribution in [2.75, 3.05) is 44.7 Å². The minimum Gasteiger partial charge on any atom is -0.355 e. The second-order valence-corrected chi connectivity index (χ2v) is 10.4. The number of amides is 1. The predicted molar refractivity (Wildman–Crippen MR) is 110 cm³/mol. The van der Waals surface area contributed by atoms with Crippen molar-refractivity contribution in [3.63, 3.8) is 0 Å². The number of aromatic nitrogens is 1. The van der Waals surface area contributed by atoms with E-state index < -0.39 is 9.84 Å². The summed E-state index contributed by atoms with van der Waals surface area (Å²) in [5, 5.41) is 2.81. The summed E-state index contributed by atoms with van der Waals surface area (Å²) in [6.45, 7) is 5.19. The molecule has 0 unspecified atom stereocenters. The lowest BCUT2D eigenvalue weighted by molar-refractivity contribution is -0.127. The molecule has 0 bridgehead atoms. The maximum Gasteiger partial charge on any atom is 0.224 e. The third-order valence-electron chi connectivity index (χ3n) is 5.82. The second kappa shape index (κ2) is 9.80. The van der Waals surface area contributed by atoms with Crippen LogP contribution in [0.2, 0.25) is 0 Å². The van der Waals surface area contributed by atoms with Gasteiger partial charge in [-0.15, -0.1) is 0 Å². The molecule has 2 aliphatic heterocycles. The molecule has 0 aromatic carbocycles.